The monoisotopic (exact) mass is 409 g/mol. The van der Waals surface area contributed by atoms with Gasteiger partial charge in [-0.05, 0) is 50.1 Å². The summed E-state index contributed by atoms with van der Waals surface area (Å²) in [6.07, 6.45) is 0. The van der Waals surface area contributed by atoms with E-state index in [0.29, 0.717) is 22.7 Å². The summed E-state index contributed by atoms with van der Waals surface area (Å²) in [6, 6.07) is 14.9. The molecule has 0 spiro atoms. The van der Waals surface area contributed by atoms with Crippen LogP contribution in [0.25, 0.3) is 11.1 Å². The third-order valence-electron chi connectivity index (χ3n) is 4.54. The van der Waals surface area contributed by atoms with Gasteiger partial charge in [0.05, 0.1) is 13.7 Å². The van der Waals surface area contributed by atoms with Crippen LogP contribution in [-0.4, -0.2) is 25.6 Å². The van der Waals surface area contributed by atoms with Crippen LogP contribution in [0, 0.1) is 13.8 Å². The number of carbonyl (C=O) groups is 2. The molecule has 5 nitrogen and oxygen atoms in total. The molecule has 2 aromatic carbocycles. The molecule has 0 aliphatic heterocycles. The predicted molar refractivity (Wildman–Crippen MR) is 116 cm³/mol. The molecule has 3 aromatic rings. The zero-order chi connectivity index (χ0) is 21.0. The second-order valence-electron chi connectivity index (χ2n) is 6.46. The number of methoxy groups -OCH3 is 1. The van der Waals surface area contributed by atoms with E-state index in [4.69, 9.17) is 9.47 Å². The molecule has 1 heterocycles. The minimum Gasteiger partial charge on any atom is -0.494 e. The first-order chi connectivity index (χ1) is 14.0. The van der Waals surface area contributed by atoms with Crippen LogP contribution in [0.5, 0.6) is 5.75 Å². The summed E-state index contributed by atoms with van der Waals surface area (Å²) in [5.41, 5.74) is 3.41. The highest BCUT2D eigenvalue weighted by molar-refractivity contribution is 7.17. The van der Waals surface area contributed by atoms with Crippen molar-refractivity contribution in [2.24, 2.45) is 0 Å². The van der Waals surface area contributed by atoms with Crippen molar-refractivity contribution in [1.29, 1.82) is 0 Å². The number of amides is 1. The first-order valence-corrected chi connectivity index (χ1v) is 10.1. The van der Waals surface area contributed by atoms with Crippen LogP contribution in [0.4, 0.5) is 5.00 Å². The lowest BCUT2D eigenvalue weighted by molar-refractivity contribution is 0.0603. The molecule has 1 amide bonds. The van der Waals surface area contributed by atoms with Crippen molar-refractivity contribution in [3.63, 3.8) is 0 Å². The SMILES string of the molecule is CCOc1ccc(-c2c(C)sc(NC(=O)c3ccccc3C)c2C(=O)OC)cc1. The van der Waals surface area contributed by atoms with E-state index in [-0.39, 0.29) is 5.91 Å². The summed E-state index contributed by atoms with van der Waals surface area (Å²) in [7, 11) is 1.34. The van der Waals surface area contributed by atoms with E-state index in [2.05, 4.69) is 5.32 Å². The van der Waals surface area contributed by atoms with Gasteiger partial charge in [-0.25, -0.2) is 4.79 Å². The van der Waals surface area contributed by atoms with Crippen LogP contribution in [0.2, 0.25) is 0 Å². The molecular weight excluding hydrogens is 386 g/mol. The molecule has 0 fully saturated rings. The van der Waals surface area contributed by atoms with Crippen LogP contribution in [0.15, 0.2) is 48.5 Å². The minimum absolute atomic E-state index is 0.257. The van der Waals surface area contributed by atoms with E-state index in [1.54, 1.807) is 6.07 Å². The Kier molecular flexibility index (Phi) is 6.34. The Bertz CT molecular complexity index is 1040. The Balaban J connectivity index is 2.03. The number of esters is 1. The third kappa shape index (κ3) is 4.32. The quantitative estimate of drug-likeness (QED) is 0.548. The maximum absolute atomic E-state index is 12.8. The maximum Gasteiger partial charge on any atom is 0.341 e. The molecule has 0 atom stereocenters. The van der Waals surface area contributed by atoms with Crippen LogP contribution >= 0.6 is 11.3 Å². The lowest BCUT2D eigenvalue weighted by atomic mass is 10.0. The molecule has 6 heteroatoms. The largest absolute Gasteiger partial charge is 0.494 e. The van der Waals surface area contributed by atoms with E-state index < -0.39 is 5.97 Å². The van der Waals surface area contributed by atoms with Gasteiger partial charge < -0.3 is 14.8 Å². The molecule has 1 aromatic heterocycles. The fraction of sp³-hybridized carbons (Fsp3) is 0.217. The van der Waals surface area contributed by atoms with Gasteiger partial charge in [0.25, 0.3) is 5.91 Å². The van der Waals surface area contributed by atoms with E-state index in [0.717, 1.165) is 27.3 Å². The van der Waals surface area contributed by atoms with Crippen molar-refractivity contribution in [3.05, 3.63) is 70.1 Å². The van der Waals surface area contributed by atoms with E-state index in [9.17, 15) is 9.59 Å². The fourth-order valence-electron chi connectivity index (χ4n) is 3.16. The van der Waals surface area contributed by atoms with Crippen LogP contribution in [-0.2, 0) is 4.74 Å². The number of ether oxygens (including phenoxy) is 2. The minimum atomic E-state index is -0.488. The summed E-state index contributed by atoms with van der Waals surface area (Å²) in [5, 5.41) is 3.38. The van der Waals surface area contributed by atoms with Gasteiger partial charge >= 0.3 is 5.97 Å². The van der Waals surface area contributed by atoms with Crippen molar-refractivity contribution < 1.29 is 19.1 Å². The Morgan fingerprint density at radius 1 is 1.03 bits per heavy atom. The van der Waals surface area contributed by atoms with Gasteiger partial charge in [-0.2, -0.15) is 0 Å². The normalized spacial score (nSPS) is 10.5. The van der Waals surface area contributed by atoms with Crippen molar-refractivity contribution in [2.45, 2.75) is 20.8 Å². The Hall–Kier alpha value is -3.12. The molecule has 1 N–H and O–H groups in total. The van der Waals surface area contributed by atoms with Crippen LogP contribution < -0.4 is 10.1 Å². The lowest BCUT2D eigenvalue weighted by Gasteiger charge is -2.10. The Morgan fingerprint density at radius 2 is 1.72 bits per heavy atom. The first kappa shape index (κ1) is 20.6. The van der Waals surface area contributed by atoms with E-state index in [1.165, 1.54) is 18.4 Å². The average molecular weight is 410 g/mol. The summed E-state index contributed by atoms with van der Waals surface area (Å²) in [5.74, 6) is 0.0166. The number of hydrogen-bond acceptors (Lipinski definition) is 5. The molecule has 150 valence electrons. The Labute approximate surface area is 174 Å². The molecule has 0 saturated carbocycles. The highest BCUT2D eigenvalue weighted by Gasteiger charge is 2.25. The zero-order valence-electron chi connectivity index (χ0n) is 16.9. The van der Waals surface area contributed by atoms with Crippen molar-refractivity contribution in [3.8, 4) is 16.9 Å². The second-order valence-corrected chi connectivity index (χ2v) is 7.68. The number of aryl methyl sites for hydroxylation is 2. The standard InChI is InChI=1S/C23H23NO4S/c1-5-28-17-12-10-16(11-13-17)19-15(3)29-22(20(19)23(26)27-4)24-21(25)18-9-7-6-8-14(18)2/h6-13H,5H2,1-4H3,(H,24,25). The number of nitrogens with one attached hydrogen (secondary N) is 1. The molecule has 0 unspecified atom stereocenters. The topological polar surface area (TPSA) is 64.6 Å². The predicted octanol–water partition coefficient (Wildman–Crippen LogP) is 5.47. The lowest BCUT2D eigenvalue weighted by Crippen LogP contribution is -2.15. The molecule has 0 bridgehead atoms. The van der Waals surface area contributed by atoms with Gasteiger partial charge in [0.2, 0.25) is 0 Å². The molecular formula is C23H23NO4S. The van der Waals surface area contributed by atoms with Crippen LogP contribution in [0.1, 0.15) is 38.1 Å². The number of hydrogen-bond donors (Lipinski definition) is 1. The van der Waals surface area contributed by atoms with Gasteiger partial charge in [0.15, 0.2) is 0 Å². The highest BCUT2D eigenvalue weighted by Crippen LogP contribution is 2.41. The fourth-order valence-corrected chi connectivity index (χ4v) is 4.22. The van der Waals surface area contributed by atoms with Gasteiger partial charge in [-0.3, -0.25) is 4.79 Å². The second kappa shape index (κ2) is 8.92. The molecule has 0 radical (unpaired) electrons. The van der Waals surface area contributed by atoms with Gasteiger partial charge in [0, 0.05) is 16.0 Å². The van der Waals surface area contributed by atoms with Crippen molar-refractivity contribution >= 4 is 28.2 Å². The summed E-state index contributed by atoms with van der Waals surface area (Å²) in [4.78, 5) is 26.3. The smallest absolute Gasteiger partial charge is 0.341 e. The molecule has 3 rings (SSSR count). The average Bonchev–Trinajstić information content (AvgIpc) is 3.04. The van der Waals surface area contributed by atoms with E-state index in [1.807, 2.05) is 63.2 Å². The highest BCUT2D eigenvalue weighted by atomic mass is 32.1. The van der Waals surface area contributed by atoms with E-state index >= 15 is 0 Å². The number of carbonyl (C=O) groups excluding carboxylic acids is 2. The summed E-state index contributed by atoms with van der Waals surface area (Å²) >= 11 is 1.36. The first-order valence-electron chi connectivity index (χ1n) is 9.28. The molecule has 0 aliphatic rings. The van der Waals surface area contributed by atoms with Gasteiger partial charge in [-0.15, -0.1) is 11.3 Å². The summed E-state index contributed by atoms with van der Waals surface area (Å²) in [6.45, 7) is 6.31. The number of benzene rings is 2. The van der Waals surface area contributed by atoms with Gasteiger partial charge in [0.1, 0.15) is 16.3 Å². The van der Waals surface area contributed by atoms with Crippen molar-refractivity contribution in [1.82, 2.24) is 0 Å². The number of anilines is 1. The maximum atomic E-state index is 12.8. The third-order valence-corrected chi connectivity index (χ3v) is 5.57. The van der Waals surface area contributed by atoms with Crippen molar-refractivity contribution in [2.75, 3.05) is 19.0 Å². The number of thiophene rings is 1. The molecule has 29 heavy (non-hydrogen) atoms. The summed E-state index contributed by atoms with van der Waals surface area (Å²) < 4.78 is 10.5. The Morgan fingerprint density at radius 3 is 2.34 bits per heavy atom. The molecule has 0 aliphatic carbocycles. The van der Waals surface area contributed by atoms with Crippen LogP contribution in [0.3, 0.4) is 0 Å². The number of rotatable bonds is 6. The van der Waals surface area contributed by atoms with Gasteiger partial charge in [-0.1, -0.05) is 30.3 Å². The molecule has 0 saturated heterocycles. The zero-order valence-corrected chi connectivity index (χ0v) is 17.7.